The Hall–Kier alpha value is -0.963. The molecule has 1 rings (SSSR count). The zero-order valence-corrected chi connectivity index (χ0v) is 16.5. The first-order valence-electron chi connectivity index (χ1n) is 9.26. The smallest absolute Gasteiger partial charge is 0.481 e. The Morgan fingerprint density at radius 3 is 1.88 bits per heavy atom. The Morgan fingerprint density at radius 2 is 1.44 bits per heavy atom. The van der Waals surface area contributed by atoms with Crippen molar-refractivity contribution in [3.8, 4) is 0 Å². The molecular formula is C17H32O7Si. The van der Waals surface area contributed by atoms with E-state index in [1.165, 1.54) is 0 Å². The monoisotopic (exact) mass is 376 g/mol. The van der Waals surface area contributed by atoms with Crippen molar-refractivity contribution in [3.05, 3.63) is 0 Å². The molecule has 1 saturated carbocycles. The summed E-state index contributed by atoms with van der Waals surface area (Å²) in [5.41, 5.74) is 0. The first-order valence-corrected chi connectivity index (χ1v) is 11.2. The number of hydrogen-bond donors (Lipinski definition) is 2. The molecule has 0 radical (unpaired) electrons. The van der Waals surface area contributed by atoms with Gasteiger partial charge in [-0.3, -0.25) is 9.59 Å². The largest absolute Gasteiger partial charge is 0.500 e. The molecule has 0 heterocycles. The van der Waals surface area contributed by atoms with E-state index in [9.17, 15) is 19.8 Å². The van der Waals surface area contributed by atoms with Gasteiger partial charge in [0.15, 0.2) is 0 Å². The highest BCUT2D eigenvalue weighted by molar-refractivity contribution is 6.60. The van der Waals surface area contributed by atoms with Gasteiger partial charge in [-0.25, -0.2) is 0 Å². The predicted octanol–water partition coefficient (Wildman–Crippen LogP) is 3.02. The second-order valence-electron chi connectivity index (χ2n) is 6.44. The lowest BCUT2D eigenvalue weighted by molar-refractivity contribution is -0.156. The fraction of sp³-hybridized carbons (Fsp3) is 0.882. The molecule has 7 nitrogen and oxygen atoms in total. The molecule has 0 aliphatic heterocycles. The molecule has 0 spiro atoms. The SMILES string of the molecule is CCO[Si](CCCC1CCC(C(=O)O)C(C(=O)O)C1)(OCC)OCC. The minimum Gasteiger partial charge on any atom is -0.481 e. The highest BCUT2D eigenvalue weighted by Gasteiger charge is 2.42. The Morgan fingerprint density at radius 1 is 0.920 bits per heavy atom. The van der Waals surface area contributed by atoms with Gasteiger partial charge in [0.25, 0.3) is 0 Å². The standard InChI is InChI=1S/C17H32O7Si/c1-4-22-25(23-5-2,24-6-3)11-7-8-13-9-10-14(16(18)19)15(12-13)17(20)21/h13-15H,4-12H2,1-3H3,(H,18,19)(H,20,21). The van der Waals surface area contributed by atoms with Gasteiger partial charge in [-0.2, -0.15) is 0 Å². The average molecular weight is 377 g/mol. The second kappa shape index (κ2) is 10.9. The van der Waals surface area contributed by atoms with Crippen molar-refractivity contribution in [1.29, 1.82) is 0 Å². The van der Waals surface area contributed by atoms with E-state index in [2.05, 4.69) is 0 Å². The third-order valence-electron chi connectivity index (χ3n) is 4.78. The molecule has 146 valence electrons. The van der Waals surface area contributed by atoms with Gasteiger partial charge in [0, 0.05) is 25.9 Å². The highest BCUT2D eigenvalue weighted by Crippen LogP contribution is 2.37. The number of carboxylic acid groups (broad SMARTS) is 2. The van der Waals surface area contributed by atoms with Crippen molar-refractivity contribution in [2.45, 2.75) is 58.9 Å². The molecule has 8 heteroatoms. The molecule has 3 unspecified atom stereocenters. The lowest BCUT2D eigenvalue weighted by atomic mass is 9.73. The van der Waals surface area contributed by atoms with Crippen LogP contribution in [0.25, 0.3) is 0 Å². The molecule has 0 aromatic rings. The van der Waals surface area contributed by atoms with E-state index in [0.29, 0.717) is 38.7 Å². The zero-order valence-electron chi connectivity index (χ0n) is 15.5. The number of aliphatic carboxylic acids is 2. The Labute approximate surface area is 151 Å². The number of rotatable bonds is 12. The third-order valence-corrected chi connectivity index (χ3v) is 7.93. The van der Waals surface area contributed by atoms with E-state index in [4.69, 9.17) is 13.3 Å². The van der Waals surface area contributed by atoms with Gasteiger partial charge in [-0.1, -0.05) is 6.42 Å². The summed E-state index contributed by atoms with van der Waals surface area (Å²) < 4.78 is 17.5. The van der Waals surface area contributed by atoms with Crippen LogP contribution < -0.4 is 0 Å². The summed E-state index contributed by atoms with van der Waals surface area (Å²) in [6, 6.07) is 0.707. The van der Waals surface area contributed by atoms with Crippen molar-refractivity contribution >= 4 is 20.7 Å². The molecule has 1 aliphatic carbocycles. The van der Waals surface area contributed by atoms with Crippen LogP contribution >= 0.6 is 0 Å². The van der Waals surface area contributed by atoms with Crippen LogP contribution in [0, 0.1) is 17.8 Å². The van der Waals surface area contributed by atoms with Crippen molar-refractivity contribution in [3.63, 3.8) is 0 Å². The van der Waals surface area contributed by atoms with Crippen LogP contribution in [0.4, 0.5) is 0 Å². The molecule has 0 aromatic carbocycles. The summed E-state index contributed by atoms with van der Waals surface area (Å²) in [4.78, 5) is 22.6. The quantitative estimate of drug-likeness (QED) is 0.505. The average Bonchev–Trinajstić information content (AvgIpc) is 2.55. The van der Waals surface area contributed by atoms with Gasteiger partial charge in [0.1, 0.15) is 0 Å². The number of carboxylic acids is 2. The predicted molar refractivity (Wildman–Crippen MR) is 94.3 cm³/mol. The van der Waals surface area contributed by atoms with Crippen molar-refractivity contribution < 1.29 is 33.1 Å². The number of hydrogen-bond acceptors (Lipinski definition) is 5. The van der Waals surface area contributed by atoms with Gasteiger partial charge in [-0.15, -0.1) is 0 Å². The maximum atomic E-state index is 11.4. The summed E-state index contributed by atoms with van der Waals surface area (Å²) >= 11 is 0. The van der Waals surface area contributed by atoms with E-state index in [-0.39, 0.29) is 5.92 Å². The Balaban J connectivity index is 2.58. The summed E-state index contributed by atoms with van der Waals surface area (Å²) in [6.07, 6.45) is 3.30. The molecule has 0 aromatic heterocycles. The van der Waals surface area contributed by atoms with Crippen LogP contribution in [0.3, 0.4) is 0 Å². The van der Waals surface area contributed by atoms with Crippen LogP contribution in [0.5, 0.6) is 0 Å². The van der Waals surface area contributed by atoms with E-state index >= 15 is 0 Å². The zero-order chi connectivity index (χ0) is 18.9. The lowest BCUT2D eigenvalue weighted by Gasteiger charge is -2.32. The topological polar surface area (TPSA) is 102 Å². The first kappa shape index (κ1) is 22.1. The maximum absolute atomic E-state index is 11.4. The summed E-state index contributed by atoms with van der Waals surface area (Å²) in [5, 5.41) is 18.5. The van der Waals surface area contributed by atoms with Crippen LogP contribution in [0.15, 0.2) is 0 Å². The van der Waals surface area contributed by atoms with E-state index in [1.807, 2.05) is 20.8 Å². The van der Waals surface area contributed by atoms with Crippen LogP contribution in [0.1, 0.15) is 52.9 Å². The highest BCUT2D eigenvalue weighted by atomic mass is 28.4. The second-order valence-corrected chi connectivity index (χ2v) is 9.17. The summed E-state index contributed by atoms with van der Waals surface area (Å²) in [5.74, 6) is -3.32. The molecular weight excluding hydrogens is 344 g/mol. The first-order chi connectivity index (χ1) is 11.9. The van der Waals surface area contributed by atoms with Gasteiger partial charge < -0.3 is 23.5 Å². The van der Waals surface area contributed by atoms with E-state index in [1.54, 1.807) is 0 Å². The molecule has 25 heavy (non-hydrogen) atoms. The minimum absolute atomic E-state index is 0.230. The fourth-order valence-corrected chi connectivity index (χ4v) is 6.34. The molecule has 0 amide bonds. The van der Waals surface area contributed by atoms with Crippen LogP contribution in [-0.4, -0.2) is 50.8 Å². The Kier molecular flexibility index (Phi) is 9.63. The van der Waals surface area contributed by atoms with Gasteiger partial charge in [-0.05, 0) is 52.4 Å². The molecule has 0 saturated heterocycles. The lowest BCUT2D eigenvalue weighted by Crippen LogP contribution is -2.46. The van der Waals surface area contributed by atoms with Crippen LogP contribution in [0.2, 0.25) is 6.04 Å². The van der Waals surface area contributed by atoms with E-state index in [0.717, 1.165) is 19.3 Å². The fourth-order valence-electron chi connectivity index (χ4n) is 3.70. The molecule has 0 bridgehead atoms. The normalized spacial score (nSPS) is 24.2. The van der Waals surface area contributed by atoms with Crippen molar-refractivity contribution in [2.75, 3.05) is 19.8 Å². The van der Waals surface area contributed by atoms with Gasteiger partial charge in [0.05, 0.1) is 11.8 Å². The summed E-state index contributed by atoms with van der Waals surface area (Å²) in [7, 11) is -2.66. The van der Waals surface area contributed by atoms with E-state index < -0.39 is 32.6 Å². The molecule has 1 aliphatic rings. The third kappa shape index (κ3) is 6.69. The van der Waals surface area contributed by atoms with Gasteiger partial charge >= 0.3 is 20.7 Å². The number of carbonyl (C=O) groups is 2. The van der Waals surface area contributed by atoms with Crippen molar-refractivity contribution in [1.82, 2.24) is 0 Å². The summed E-state index contributed by atoms with van der Waals surface area (Å²) in [6.45, 7) is 7.38. The molecule has 3 atom stereocenters. The Bertz CT molecular complexity index is 412. The van der Waals surface area contributed by atoms with Gasteiger partial charge in [0.2, 0.25) is 0 Å². The van der Waals surface area contributed by atoms with Crippen LogP contribution in [-0.2, 0) is 22.9 Å². The molecule has 1 fully saturated rings. The maximum Gasteiger partial charge on any atom is 0.500 e. The van der Waals surface area contributed by atoms with Crippen molar-refractivity contribution in [2.24, 2.45) is 17.8 Å². The molecule has 2 N–H and O–H groups in total. The minimum atomic E-state index is -2.66.